The molecule has 154 valence electrons. The monoisotopic (exact) mass is 413 g/mol. The number of fused-ring (bicyclic) bond motifs is 1. The van der Waals surface area contributed by atoms with Gasteiger partial charge >= 0.3 is 0 Å². The van der Waals surface area contributed by atoms with Crippen molar-refractivity contribution in [2.45, 2.75) is 32.6 Å². The van der Waals surface area contributed by atoms with Crippen molar-refractivity contribution in [3.8, 4) is 0 Å². The van der Waals surface area contributed by atoms with Crippen LogP contribution < -0.4 is 10.6 Å². The summed E-state index contributed by atoms with van der Waals surface area (Å²) < 4.78 is 5.34. The number of aryl methyl sites for hydroxylation is 2. The average Bonchev–Trinajstić information content (AvgIpc) is 3.08. The highest BCUT2D eigenvalue weighted by Gasteiger charge is 2.27. The van der Waals surface area contributed by atoms with Gasteiger partial charge in [0.2, 0.25) is 5.91 Å². The van der Waals surface area contributed by atoms with E-state index in [1.807, 2.05) is 31.2 Å². The molecule has 2 aliphatic rings. The first-order chi connectivity index (χ1) is 14.1. The highest BCUT2D eigenvalue weighted by molar-refractivity contribution is 7.17. The Hall–Kier alpha value is -2.22. The fraction of sp³-hybridized carbons (Fsp3) is 0.455. The smallest absolute Gasteiger partial charge is 0.258 e. The topological polar surface area (TPSA) is 70.7 Å². The van der Waals surface area contributed by atoms with Crippen LogP contribution >= 0.6 is 11.3 Å². The molecule has 0 saturated carbocycles. The molecule has 6 nitrogen and oxygen atoms in total. The van der Waals surface area contributed by atoms with Crippen LogP contribution in [0.5, 0.6) is 0 Å². The molecule has 2 aromatic rings. The lowest BCUT2D eigenvalue weighted by Gasteiger charge is -2.25. The predicted molar refractivity (Wildman–Crippen MR) is 116 cm³/mol. The lowest BCUT2D eigenvalue weighted by Crippen LogP contribution is -2.41. The van der Waals surface area contributed by atoms with Crippen molar-refractivity contribution in [3.05, 3.63) is 45.8 Å². The summed E-state index contributed by atoms with van der Waals surface area (Å²) in [5, 5.41) is 6.71. The summed E-state index contributed by atoms with van der Waals surface area (Å²) >= 11 is 1.56. The molecule has 0 radical (unpaired) electrons. The van der Waals surface area contributed by atoms with Gasteiger partial charge in [-0.15, -0.1) is 11.3 Å². The minimum atomic E-state index is -0.144. The molecule has 1 fully saturated rings. The maximum absolute atomic E-state index is 13.1. The Kier molecular flexibility index (Phi) is 6.28. The number of amides is 2. The number of ether oxygens (including phenoxy) is 1. The van der Waals surface area contributed by atoms with E-state index in [9.17, 15) is 9.59 Å². The van der Waals surface area contributed by atoms with Crippen molar-refractivity contribution in [3.63, 3.8) is 0 Å². The Morgan fingerprint density at radius 3 is 2.55 bits per heavy atom. The van der Waals surface area contributed by atoms with E-state index in [2.05, 4.69) is 15.5 Å². The van der Waals surface area contributed by atoms with E-state index in [0.717, 1.165) is 55.6 Å². The van der Waals surface area contributed by atoms with Crippen LogP contribution in [-0.2, 0) is 22.4 Å². The van der Waals surface area contributed by atoms with E-state index < -0.39 is 0 Å². The summed E-state index contributed by atoms with van der Waals surface area (Å²) in [6, 6.07) is 7.76. The predicted octanol–water partition coefficient (Wildman–Crippen LogP) is 3.46. The fourth-order valence-electron chi connectivity index (χ4n) is 3.85. The zero-order valence-corrected chi connectivity index (χ0v) is 17.6. The van der Waals surface area contributed by atoms with Gasteiger partial charge in [0.1, 0.15) is 5.00 Å². The summed E-state index contributed by atoms with van der Waals surface area (Å²) in [6.07, 6.45) is 4.08. The van der Waals surface area contributed by atoms with Crippen LogP contribution in [0.25, 0.3) is 0 Å². The number of carbonyl (C=O) groups is 2. The van der Waals surface area contributed by atoms with Gasteiger partial charge in [0.25, 0.3) is 5.91 Å². The molecule has 2 amide bonds. The van der Waals surface area contributed by atoms with E-state index in [1.54, 1.807) is 11.3 Å². The summed E-state index contributed by atoms with van der Waals surface area (Å²) in [5.41, 5.74) is 3.65. The van der Waals surface area contributed by atoms with Gasteiger partial charge in [-0.3, -0.25) is 14.5 Å². The SMILES string of the molecule is Cc1ccc(NC(=O)c2c(NC(=O)CN3CCOCC3)sc3c2CCCC3)cc1. The normalized spacial score (nSPS) is 16.9. The number of hydrogen-bond donors (Lipinski definition) is 2. The maximum Gasteiger partial charge on any atom is 0.258 e. The molecular weight excluding hydrogens is 386 g/mol. The molecule has 0 bridgehead atoms. The molecule has 1 saturated heterocycles. The van der Waals surface area contributed by atoms with Crippen LogP contribution in [0.3, 0.4) is 0 Å². The second kappa shape index (κ2) is 9.07. The Labute approximate surface area is 175 Å². The van der Waals surface area contributed by atoms with Crippen LogP contribution in [0.1, 0.15) is 39.2 Å². The van der Waals surface area contributed by atoms with E-state index in [0.29, 0.717) is 30.3 Å². The number of nitrogens with one attached hydrogen (secondary N) is 2. The standard InChI is InChI=1S/C22H27N3O3S/c1-15-6-8-16(9-7-15)23-21(27)20-17-4-2-3-5-18(17)29-22(20)24-19(26)14-25-10-12-28-13-11-25/h6-9H,2-5,10-14H2,1H3,(H,23,27)(H,24,26). The first kappa shape index (κ1) is 20.1. The molecule has 29 heavy (non-hydrogen) atoms. The van der Waals surface area contributed by atoms with Crippen LogP contribution in [0.2, 0.25) is 0 Å². The van der Waals surface area contributed by atoms with Gasteiger partial charge in [0, 0.05) is 23.7 Å². The van der Waals surface area contributed by atoms with Gasteiger partial charge < -0.3 is 15.4 Å². The lowest BCUT2D eigenvalue weighted by atomic mass is 9.95. The number of morpholine rings is 1. The molecule has 1 aromatic carbocycles. The number of anilines is 2. The van der Waals surface area contributed by atoms with Gasteiger partial charge in [0.15, 0.2) is 0 Å². The fourth-order valence-corrected chi connectivity index (χ4v) is 5.16. The average molecular weight is 414 g/mol. The number of carbonyl (C=O) groups excluding carboxylic acids is 2. The Balaban J connectivity index is 1.53. The lowest BCUT2D eigenvalue weighted by molar-refractivity contribution is -0.118. The van der Waals surface area contributed by atoms with Crippen molar-refractivity contribution >= 4 is 33.8 Å². The quantitative estimate of drug-likeness (QED) is 0.788. The second-order valence-corrected chi connectivity index (χ2v) is 8.78. The highest BCUT2D eigenvalue weighted by atomic mass is 32.1. The maximum atomic E-state index is 13.1. The van der Waals surface area contributed by atoms with Gasteiger partial charge in [-0.05, 0) is 50.3 Å². The van der Waals surface area contributed by atoms with E-state index in [-0.39, 0.29) is 11.8 Å². The van der Waals surface area contributed by atoms with Gasteiger partial charge in [-0.25, -0.2) is 0 Å². The Bertz CT molecular complexity index is 885. The van der Waals surface area contributed by atoms with Gasteiger partial charge in [-0.1, -0.05) is 17.7 Å². The third-order valence-electron chi connectivity index (χ3n) is 5.43. The van der Waals surface area contributed by atoms with Crippen molar-refractivity contribution in [1.82, 2.24) is 4.90 Å². The zero-order valence-electron chi connectivity index (χ0n) is 16.8. The molecule has 1 aliphatic heterocycles. The summed E-state index contributed by atoms with van der Waals surface area (Å²) in [4.78, 5) is 29.1. The molecule has 2 N–H and O–H groups in total. The van der Waals surface area contributed by atoms with E-state index >= 15 is 0 Å². The Morgan fingerprint density at radius 1 is 1.07 bits per heavy atom. The molecule has 7 heteroatoms. The highest BCUT2D eigenvalue weighted by Crippen LogP contribution is 2.38. The molecule has 0 spiro atoms. The first-order valence-corrected chi connectivity index (χ1v) is 11.0. The molecule has 2 heterocycles. The number of nitrogens with zero attached hydrogens (tertiary/aromatic N) is 1. The summed E-state index contributed by atoms with van der Waals surface area (Å²) in [7, 11) is 0. The third kappa shape index (κ3) is 4.86. The van der Waals surface area contributed by atoms with Crippen LogP contribution in [0, 0.1) is 6.92 Å². The number of thiophene rings is 1. The molecule has 0 atom stereocenters. The minimum absolute atomic E-state index is 0.0742. The first-order valence-electron chi connectivity index (χ1n) is 10.2. The van der Waals surface area contributed by atoms with Crippen LogP contribution in [0.4, 0.5) is 10.7 Å². The zero-order chi connectivity index (χ0) is 20.2. The summed E-state index contributed by atoms with van der Waals surface area (Å²) in [6.45, 7) is 5.17. The molecule has 1 aromatic heterocycles. The van der Waals surface area contributed by atoms with Crippen molar-refractivity contribution in [2.75, 3.05) is 43.5 Å². The molecule has 4 rings (SSSR count). The minimum Gasteiger partial charge on any atom is -0.379 e. The van der Waals surface area contributed by atoms with Crippen LogP contribution in [-0.4, -0.2) is 49.6 Å². The number of benzene rings is 1. The number of hydrogen-bond acceptors (Lipinski definition) is 5. The second-order valence-electron chi connectivity index (χ2n) is 7.67. The number of rotatable bonds is 5. The van der Waals surface area contributed by atoms with Gasteiger partial charge in [-0.2, -0.15) is 0 Å². The molecular formula is C22H27N3O3S. The van der Waals surface area contributed by atoms with E-state index in [4.69, 9.17) is 4.74 Å². The molecule has 1 aliphatic carbocycles. The third-order valence-corrected chi connectivity index (χ3v) is 6.64. The van der Waals surface area contributed by atoms with Crippen molar-refractivity contribution in [2.24, 2.45) is 0 Å². The molecule has 0 unspecified atom stereocenters. The Morgan fingerprint density at radius 2 is 1.79 bits per heavy atom. The van der Waals surface area contributed by atoms with Crippen LogP contribution in [0.15, 0.2) is 24.3 Å². The largest absolute Gasteiger partial charge is 0.379 e. The van der Waals surface area contributed by atoms with Crippen molar-refractivity contribution in [1.29, 1.82) is 0 Å². The van der Waals surface area contributed by atoms with Crippen molar-refractivity contribution < 1.29 is 14.3 Å². The summed E-state index contributed by atoms with van der Waals surface area (Å²) in [5.74, 6) is -0.218. The van der Waals surface area contributed by atoms with Gasteiger partial charge in [0.05, 0.1) is 25.3 Å². The van der Waals surface area contributed by atoms with E-state index in [1.165, 1.54) is 4.88 Å².